The Morgan fingerprint density at radius 3 is 1.68 bits per heavy atom. The zero-order valence-corrected chi connectivity index (χ0v) is 33.0. The van der Waals surface area contributed by atoms with Gasteiger partial charge < -0.3 is 20.4 Å². The van der Waals surface area contributed by atoms with Crippen LogP contribution in [0.5, 0.6) is 0 Å². The molecule has 0 aliphatic carbocycles. The van der Waals surface area contributed by atoms with Crippen LogP contribution < -0.4 is 20.4 Å². The molecule has 5 aliphatic heterocycles. The van der Waals surface area contributed by atoms with E-state index < -0.39 is 5.54 Å². The molecule has 2 atom stereocenters. The zero-order valence-electron chi connectivity index (χ0n) is 33.0. The predicted octanol–water partition coefficient (Wildman–Crippen LogP) is 6.80. The van der Waals surface area contributed by atoms with Gasteiger partial charge in [0.15, 0.2) is 5.69 Å². The highest BCUT2D eigenvalue weighted by molar-refractivity contribution is 6.03. The van der Waals surface area contributed by atoms with Gasteiger partial charge >= 0.3 is 0 Å². The lowest BCUT2D eigenvalue weighted by molar-refractivity contribution is -0.125. The Balaban J connectivity index is 0.000000184. The Morgan fingerprint density at radius 2 is 1.17 bits per heavy atom. The van der Waals surface area contributed by atoms with Gasteiger partial charge in [0.05, 0.1) is 22.9 Å². The van der Waals surface area contributed by atoms with Gasteiger partial charge in [-0.1, -0.05) is 97.1 Å². The first kappa shape index (κ1) is 36.9. The van der Waals surface area contributed by atoms with Crippen molar-refractivity contribution >= 4 is 40.3 Å². The minimum absolute atomic E-state index is 0.132. The number of aliphatic imine (C=N–C) groups is 1. The molecular weight excluding hydrogens is 733 g/mol. The van der Waals surface area contributed by atoms with Crippen LogP contribution in [0.15, 0.2) is 132 Å². The Hall–Kier alpha value is -6.41. The van der Waals surface area contributed by atoms with Crippen LogP contribution in [0.3, 0.4) is 0 Å². The van der Waals surface area contributed by atoms with E-state index >= 15 is 0 Å². The number of anilines is 2. The number of nitrogens with zero attached hydrogens (tertiary/aromatic N) is 6. The van der Waals surface area contributed by atoms with Gasteiger partial charge in [-0.15, -0.1) is 0 Å². The van der Waals surface area contributed by atoms with Crippen LogP contribution >= 0.6 is 0 Å². The minimum atomic E-state index is -0.832. The molecule has 59 heavy (non-hydrogen) atoms. The van der Waals surface area contributed by atoms with Crippen LogP contribution in [-0.4, -0.2) is 67.1 Å². The Bertz CT molecular complexity index is 2520. The van der Waals surface area contributed by atoms with Gasteiger partial charge in [-0.25, -0.2) is 4.68 Å². The first-order chi connectivity index (χ1) is 29.0. The molecule has 5 aromatic carbocycles. The molecule has 0 unspecified atom stereocenters. The Morgan fingerprint density at radius 1 is 0.644 bits per heavy atom. The summed E-state index contributed by atoms with van der Waals surface area (Å²) in [6.07, 6.45) is 5.59. The molecule has 6 aromatic rings. The maximum atomic E-state index is 13.5. The molecule has 4 saturated heterocycles. The van der Waals surface area contributed by atoms with E-state index in [4.69, 9.17) is 5.10 Å². The van der Waals surface area contributed by atoms with Crippen molar-refractivity contribution in [2.45, 2.75) is 37.8 Å². The van der Waals surface area contributed by atoms with Crippen molar-refractivity contribution in [1.29, 1.82) is 5.26 Å². The molecule has 0 radical (unpaired) electrons. The summed E-state index contributed by atoms with van der Waals surface area (Å²) in [5, 5.41) is 22.7. The van der Waals surface area contributed by atoms with Crippen LogP contribution in [0.1, 0.15) is 59.2 Å². The highest BCUT2D eigenvalue weighted by Crippen LogP contribution is 2.45. The number of hydrogen-bond acceptors (Lipinski definition) is 7. The number of rotatable bonds is 6. The molecule has 1 aromatic heterocycles. The van der Waals surface area contributed by atoms with Crippen molar-refractivity contribution in [2.24, 2.45) is 15.8 Å². The molecule has 5 aliphatic rings. The molecule has 294 valence electrons. The normalized spacial score (nSPS) is 22.1. The summed E-state index contributed by atoms with van der Waals surface area (Å²) in [6.45, 7) is 5.73. The summed E-state index contributed by atoms with van der Waals surface area (Å²) in [4.78, 5) is 34.3. The number of carbonyl (C=O) groups is 2. The molecule has 2 N–H and O–H groups in total. The molecule has 10 heteroatoms. The van der Waals surface area contributed by atoms with Crippen LogP contribution in [0, 0.1) is 22.2 Å². The van der Waals surface area contributed by atoms with E-state index in [-0.39, 0.29) is 16.7 Å². The monoisotopic (exact) mass is 778 g/mol. The number of hydrogen-bond donors (Lipinski definition) is 2. The molecule has 10 nitrogen and oxygen atoms in total. The van der Waals surface area contributed by atoms with E-state index in [9.17, 15) is 14.9 Å². The van der Waals surface area contributed by atoms with Crippen LogP contribution in [0.4, 0.5) is 11.4 Å². The maximum absolute atomic E-state index is 13.5. The lowest BCUT2D eigenvalue weighted by atomic mass is 9.77. The van der Waals surface area contributed by atoms with Crippen LogP contribution in [-0.2, 0) is 21.7 Å². The number of fused-ring (bicyclic) bond motifs is 2. The predicted molar refractivity (Wildman–Crippen MR) is 231 cm³/mol. The van der Waals surface area contributed by atoms with Crippen molar-refractivity contribution in [1.82, 2.24) is 20.4 Å². The van der Waals surface area contributed by atoms with Gasteiger partial charge in [0.25, 0.3) is 0 Å². The largest absolute Gasteiger partial charge is 0.316 e. The first-order valence-corrected chi connectivity index (χ1v) is 20.7. The summed E-state index contributed by atoms with van der Waals surface area (Å²) in [7, 11) is 0. The van der Waals surface area contributed by atoms with E-state index in [0.717, 1.165) is 109 Å². The second kappa shape index (κ2) is 14.8. The summed E-state index contributed by atoms with van der Waals surface area (Å²) < 4.78 is 2.00. The van der Waals surface area contributed by atoms with Crippen molar-refractivity contribution < 1.29 is 9.59 Å². The second-order valence-corrected chi connectivity index (χ2v) is 16.6. The van der Waals surface area contributed by atoms with Crippen molar-refractivity contribution in [3.05, 3.63) is 161 Å². The molecule has 0 bridgehead atoms. The van der Waals surface area contributed by atoms with Gasteiger partial charge in [0, 0.05) is 49.2 Å². The maximum Gasteiger partial charge on any atom is 0.234 e. The van der Waals surface area contributed by atoms with Gasteiger partial charge in [-0.05, 0) is 96.9 Å². The second-order valence-electron chi connectivity index (χ2n) is 16.6. The summed E-state index contributed by atoms with van der Waals surface area (Å²) in [6, 6.07) is 45.6. The third kappa shape index (κ3) is 5.99. The average Bonchev–Trinajstić information content (AvgIpc) is 4.17. The third-order valence-corrected chi connectivity index (χ3v) is 13.4. The number of amides is 2. The highest BCUT2D eigenvalue weighted by Gasteiger charge is 2.50. The molecular formula is C49H46N8O2. The summed E-state index contributed by atoms with van der Waals surface area (Å²) in [5.41, 5.74) is 7.29. The van der Waals surface area contributed by atoms with Gasteiger partial charge in [0.1, 0.15) is 11.6 Å². The number of nitrogens with one attached hydrogen (secondary N) is 2. The quantitative estimate of drug-likeness (QED) is 0.180. The molecule has 2 amide bonds. The summed E-state index contributed by atoms with van der Waals surface area (Å²) >= 11 is 0. The van der Waals surface area contributed by atoms with Crippen molar-refractivity contribution in [3.8, 4) is 6.07 Å². The molecule has 6 heterocycles. The molecule has 11 rings (SSSR count). The van der Waals surface area contributed by atoms with Crippen LogP contribution in [0.2, 0.25) is 0 Å². The fourth-order valence-electron chi connectivity index (χ4n) is 10.2. The van der Waals surface area contributed by atoms with Gasteiger partial charge in [-0.3, -0.25) is 14.6 Å². The van der Waals surface area contributed by atoms with E-state index in [0.29, 0.717) is 18.1 Å². The number of carbonyl (C=O) groups excluding carboxylic acids is 2. The Labute approximate surface area is 344 Å². The van der Waals surface area contributed by atoms with E-state index in [1.807, 2.05) is 93.5 Å². The van der Waals surface area contributed by atoms with E-state index in [2.05, 4.69) is 76.3 Å². The van der Waals surface area contributed by atoms with Gasteiger partial charge in [0.2, 0.25) is 11.8 Å². The first-order valence-electron chi connectivity index (χ1n) is 20.7. The van der Waals surface area contributed by atoms with Gasteiger partial charge in [-0.2, -0.15) is 10.4 Å². The lowest BCUT2D eigenvalue weighted by Gasteiger charge is -2.37. The van der Waals surface area contributed by atoms with Crippen molar-refractivity contribution in [2.75, 3.05) is 49.1 Å². The SMILES string of the molecule is N#Cc1nn(C(c2ccccc2)(c2ccccc2)c2ccccc2)c2ccc(N3CC[C@]4(CCNC4)C3=O)cc12.O=C1N(c2ccc3c(c2)C=NC3)CC[C@]12CCNC2. The third-order valence-electron chi connectivity index (χ3n) is 13.4. The Kier molecular flexibility index (Phi) is 9.23. The van der Waals surface area contributed by atoms with E-state index in [1.165, 1.54) is 5.56 Å². The lowest BCUT2D eigenvalue weighted by Crippen LogP contribution is -2.38. The van der Waals surface area contributed by atoms with Crippen LogP contribution in [0.25, 0.3) is 10.9 Å². The number of nitriles is 1. The van der Waals surface area contributed by atoms with Crippen molar-refractivity contribution in [3.63, 3.8) is 0 Å². The average molecular weight is 779 g/mol. The molecule has 0 saturated carbocycles. The fourth-order valence-corrected chi connectivity index (χ4v) is 10.2. The highest BCUT2D eigenvalue weighted by atomic mass is 16.2. The number of aromatic nitrogens is 2. The standard InChI is InChI=1S/C34H29N5O.C15H17N3O/c35-23-30-29-22-28(38-21-19-33(32(38)40)18-20-36-24-33)16-17-31(29)39(37-30)34(25-10-4-1-5-11-25,26-12-6-2-7-13-26)27-14-8-3-9-15-27;19-14-15(3-5-16-10-15)4-6-18(14)13-2-1-11-8-17-9-12(11)7-13/h1-17,22,36H,18-21,24H2;1-2,7,9,16H,3-6,8,10H2/t33-;15-/m00/s1. The fraction of sp³-hybridized carbons (Fsp3) is 0.286. The number of benzene rings is 5. The zero-order chi connectivity index (χ0) is 40.0. The minimum Gasteiger partial charge on any atom is -0.316 e. The smallest absolute Gasteiger partial charge is 0.234 e. The molecule has 4 fully saturated rings. The topological polar surface area (TPSA) is 119 Å². The summed E-state index contributed by atoms with van der Waals surface area (Å²) in [5.74, 6) is 0.474. The van der Waals surface area contributed by atoms with E-state index in [1.54, 1.807) is 0 Å². The molecule has 2 spiro atoms.